The van der Waals surface area contributed by atoms with E-state index in [0.29, 0.717) is 23.3 Å². The predicted octanol–water partition coefficient (Wildman–Crippen LogP) is 4.85. The van der Waals surface area contributed by atoms with Crippen molar-refractivity contribution in [3.63, 3.8) is 0 Å². The zero-order valence-corrected chi connectivity index (χ0v) is 17.7. The minimum Gasteiger partial charge on any atom is -0.382 e. The number of halogens is 1. The van der Waals surface area contributed by atoms with E-state index in [9.17, 15) is 9.18 Å². The Hall–Kier alpha value is -3.51. The summed E-state index contributed by atoms with van der Waals surface area (Å²) in [4.78, 5) is 20.2. The van der Waals surface area contributed by atoms with Gasteiger partial charge in [-0.25, -0.2) is 9.37 Å². The van der Waals surface area contributed by atoms with Gasteiger partial charge in [0.2, 0.25) is 0 Å². The van der Waals surface area contributed by atoms with Crippen LogP contribution in [0.1, 0.15) is 17.4 Å². The minimum atomic E-state index is -0.289. The number of ether oxygens (including phenoxy) is 1. The maximum absolute atomic E-state index is 13.6. The van der Waals surface area contributed by atoms with Crippen LogP contribution in [-0.4, -0.2) is 30.3 Å². The number of hydrogen-bond acceptors (Lipinski definition) is 4. The highest BCUT2D eigenvalue weighted by Gasteiger charge is 2.20. The molecule has 0 spiro atoms. The number of anilines is 2. The lowest BCUT2D eigenvalue weighted by Crippen LogP contribution is -2.31. The number of nitrogens with zero attached hydrogens (tertiary/aromatic N) is 3. The van der Waals surface area contributed by atoms with E-state index in [4.69, 9.17) is 4.74 Å². The van der Waals surface area contributed by atoms with Gasteiger partial charge in [0.05, 0.1) is 23.6 Å². The predicted molar refractivity (Wildman–Crippen MR) is 122 cm³/mol. The third kappa shape index (κ3) is 4.07. The van der Waals surface area contributed by atoms with Gasteiger partial charge in [-0.2, -0.15) is 0 Å². The SMILES string of the molecule is COC[C@H](c1ccccc1)n1c(C)nc2ccc(N(C)c3ccc(F)cc3)cc2c1=O. The molecule has 0 N–H and O–H groups in total. The summed E-state index contributed by atoms with van der Waals surface area (Å²) in [7, 11) is 3.51. The lowest BCUT2D eigenvalue weighted by atomic mass is 10.1. The Morgan fingerprint density at radius 3 is 2.39 bits per heavy atom. The second-order valence-corrected chi connectivity index (χ2v) is 7.45. The van der Waals surface area contributed by atoms with Crippen LogP contribution in [0.5, 0.6) is 0 Å². The number of hydrogen-bond donors (Lipinski definition) is 0. The lowest BCUT2D eigenvalue weighted by Gasteiger charge is -2.23. The van der Waals surface area contributed by atoms with Crippen LogP contribution in [-0.2, 0) is 4.74 Å². The van der Waals surface area contributed by atoms with Gasteiger partial charge < -0.3 is 9.64 Å². The first-order valence-electron chi connectivity index (χ1n) is 10.1. The molecule has 0 aliphatic carbocycles. The van der Waals surface area contributed by atoms with Gasteiger partial charge in [-0.05, 0) is 55.0 Å². The van der Waals surface area contributed by atoms with Crippen LogP contribution >= 0.6 is 0 Å². The Bertz CT molecular complexity index is 1250. The fourth-order valence-corrected chi connectivity index (χ4v) is 3.84. The van der Waals surface area contributed by atoms with Crippen LogP contribution in [0.25, 0.3) is 10.9 Å². The van der Waals surface area contributed by atoms with E-state index in [0.717, 1.165) is 16.9 Å². The Labute approximate surface area is 180 Å². The third-order valence-electron chi connectivity index (χ3n) is 5.48. The van der Waals surface area contributed by atoms with Crippen LogP contribution in [0.2, 0.25) is 0 Å². The first kappa shape index (κ1) is 20.8. The average Bonchev–Trinajstić information content (AvgIpc) is 2.79. The van der Waals surface area contributed by atoms with E-state index in [1.807, 2.05) is 67.4 Å². The molecule has 0 saturated heterocycles. The summed E-state index contributed by atoms with van der Waals surface area (Å²) in [5.74, 6) is 0.339. The van der Waals surface area contributed by atoms with Crippen molar-refractivity contribution in [3.8, 4) is 0 Å². The highest BCUT2D eigenvalue weighted by Crippen LogP contribution is 2.27. The number of aryl methyl sites for hydroxylation is 1. The van der Waals surface area contributed by atoms with Crippen molar-refractivity contribution < 1.29 is 9.13 Å². The molecule has 0 saturated carbocycles. The minimum absolute atomic E-state index is 0.122. The van der Waals surface area contributed by atoms with Crippen molar-refractivity contribution in [3.05, 3.63) is 100 Å². The summed E-state index contributed by atoms with van der Waals surface area (Å²) in [6, 6.07) is 21.3. The maximum atomic E-state index is 13.6. The number of aromatic nitrogens is 2. The molecule has 0 aliphatic heterocycles. The Morgan fingerprint density at radius 1 is 1.03 bits per heavy atom. The third-order valence-corrected chi connectivity index (χ3v) is 5.48. The number of fused-ring (bicyclic) bond motifs is 1. The van der Waals surface area contributed by atoms with Crippen molar-refractivity contribution in [2.24, 2.45) is 0 Å². The molecule has 1 aromatic heterocycles. The van der Waals surface area contributed by atoms with Crippen LogP contribution < -0.4 is 10.5 Å². The topological polar surface area (TPSA) is 47.4 Å². The molecule has 158 valence electrons. The van der Waals surface area contributed by atoms with E-state index in [1.165, 1.54) is 12.1 Å². The van der Waals surface area contributed by atoms with Crippen molar-refractivity contribution in [2.45, 2.75) is 13.0 Å². The van der Waals surface area contributed by atoms with Crippen LogP contribution in [0.3, 0.4) is 0 Å². The largest absolute Gasteiger partial charge is 0.382 e. The fraction of sp³-hybridized carbons (Fsp3) is 0.200. The maximum Gasteiger partial charge on any atom is 0.262 e. The highest BCUT2D eigenvalue weighted by molar-refractivity contribution is 5.83. The van der Waals surface area contributed by atoms with Gasteiger partial charge in [0, 0.05) is 25.5 Å². The molecule has 0 unspecified atom stereocenters. The number of benzene rings is 3. The zero-order valence-electron chi connectivity index (χ0n) is 17.7. The molecule has 0 amide bonds. The van der Waals surface area contributed by atoms with Crippen LogP contribution in [0.4, 0.5) is 15.8 Å². The number of rotatable bonds is 6. The first-order valence-corrected chi connectivity index (χ1v) is 10.1. The monoisotopic (exact) mass is 417 g/mol. The molecule has 4 aromatic rings. The molecule has 0 radical (unpaired) electrons. The van der Waals surface area contributed by atoms with Crippen molar-refractivity contribution in [1.82, 2.24) is 9.55 Å². The van der Waals surface area contributed by atoms with Gasteiger partial charge in [0.15, 0.2) is 0 Å². The van der Waals surface area contributed by atoms with Crippen molar-refractivity contribution in [1.29, 1.82) is 0 Å². The summed E-state index contributed by atoms with van der Waals surface area (Å²) in [5.41, 5.74) is 3.14. The standard InChI is InChI=1S/C25H24FN3O2/c1-17-27-23-14-13-21(28(2)20-11-9-19(26)10-12-20)15-22(23)25(30)29(17)24(16-31-3)18-7-5-4-6-8-18/h4-15,24H,16H2,1-3H3/t24-/m1/s1. The second kappa shape index (κ2) is 8.70. The molecule has 0 aliphatic rings. The molecular formula is C25H24FN3O2. The molecule has 1 atom stereocenters. The second-order valence-electron chi connectivity index (χ2n) is 7.45. The van der Waals surface area contributed by atoms with Gasteiger partial charge in [-0.15, -0.1) is 0 Å². The van der Waals surface area contributed by atoms with E-state index >= 15 is 0 Å². The quantitative estimate of drug-likeness (QED) is 0.450. The molecule has 6 heteroatoms. The van der Waals surface area contributed by atoms with E-state index in [2.05, 4.69) is 4.98 Å². The van der Waals surface area contributed by atoms with Gasteiger partial charge in [-0.3, -0.25) is 9.36 Å². The van der Waals surface area contributed by atoms with E-state index in [1.54, 1.807) is 23.8 Å². The van der Waals surface area contributed by atoms with Crippen LogP contribution in [0.15, 0.2) is 77.6 Å². The highest BCUT2D eigenvalue weighted by atomic mass is 19.1. The molecule has 3 aromatic carbocycles. The molecule has 4 rings (SSSR count). The van der Waals surface area contributed by atoms with Crippen molar-refractivity contribution >= 4 is 22.3 Å². The van der Waals surface area contributed by atoms with Gasteiger partial charge in [0.25, 0.3) is 5.56 Å². The van der Waals surface area contributed by atoms with Gasteiger partial charge >= 0.3 is 0 Å². The van der Waals surface area contributed by atoms with Crippen molar-refractivity contribution in [2.75, 3.05) is 25.7 Å². The lowest BCUT2D eigenvalue weighted by molar-refractivity contribution is 0.167. The summed E-state index contributed by atoms with van der Waals surface area (Å²) >= 11 is 0. The number of methoxy groups -OCH3 is 1. The molecule has 0 fully saturated rings. The molecule has 5 nitrogen and oxygen atoms in total. The molecule has 1 heterocycles. The fourth-order valence-electron chi connectivity index (χ4n) is 3.84. The van der Waals surface area contributed by atoms with E-state index in [-0.39, 0.29) is 17.4 Å². The molecule has 0 bridgehead atoms. The van der Waals surface area contributed by atoms with E-state index < -0.39 is 0 Å². The summed E-state index contributed by atoms with van der Waals surface area (Å²) in [5, 5.41) is 0.522. The Morgan fingerprint density at radius 2 is 1.71 bits per heavy atom. The smallest absolute Gasteiger partial charge is 0.262 e. The van der Waals surface area contributed by atoms with Gasteiger partial charge in [-0.1, -0.05) is 30.3 Å². The average molecular weight is 417 g/mol. The van der Waals surface area contributed by atoms with Gasteiger partial charge in [0.1, 0.15) is 11.6 Å². The summed E-state index contributed by atoms with van der Waals surface area (Å²) in [6.07, 6.45) is 0. The normalized spacial score (nSPS) is 12.1. The Balaban J connectivity index is 1.84. The zero-order chi connectivity index (χ0) is 22.0. The molecule has 31 heavy (non-hydrogen) atoms. The summed E-state index contributed by atoms with van der Waals surface area (Å²) < 4.78 is 20.4. The van der Waals surface area contributed by atoms with Crippen LogP contribution in [0, 0.1) is 12.7 Å². The summed E-state index contributed by atoms with van der Waals surface area (Å²) in [6.45, 7) is 2.19. The molecular weight excluding hydrogens is 393 g/mol. The Kier molecular flexibility index (Phi) is 5.82. The first-order chi connectivity index (χ1) is 15.0.